The fraction of sp³-hybridized carbons (Fsp3) is 0.364. The molecule has 0 saturated heterocycles. The molecule has 1 aromatic rings. The standard InChI is InChI=1S/C11H14O2S2/c1-2-6-14-8-10-9(5-7-15-10)3-4-11(12)13/h3-5,7H,2,6,8H2,1H3,(H,12,13). The fourth-order valence-electron chi connectivity index (χ4n) is 1.09. The van der Waals surface area contributed by atoms with E-state index in [-0.39, 0.29) is 0 Å². The van der Waals surface area contributed by atoms with Gasteiger partial charge in [-0.1, -0.05) is 6.92 Å². The summed E-state index contributed by atoms with van der Waals surface area (Å²) < 4.78 is 0. The maximum Gasteiger partial charge on any atom is 0.328 e. The third-order valence-corrected chi connectivity index (χ3v) is 4.08. The number of carboxylic acid groups (broad SMARTS) is 1. The molecule has 0 aliphatic carbocycles. The minimum absolute atomic E-state index is 0.895. The third kappa shape index (κ3) is 4.53. The van der Waals surface area contributed by atoms with Crippen LogP contribution in [-0.4, -0.2) is 16.8 Å². The van der Waals surface area contributed by atoms with Gasteiger partial charge in [-0.3, -0.25) is 0 Å². The fourth-order valence-corrected chi connectivity index (χ4v) is 3.04. The highest BCUT2D eigenvalue weighted by Crippen LogP contribution is 2.23. The molecule has 1 heterocycles. The first-order valence-corrected chi connectivity index (χ1v) is 6.82. The quantitative estimate of drug-likeness (QED) is 0.613. The van der Waals surface area contributed by atoms with Crippen molar-refractivity contribution in [2.75, 3.05) is 5.75 Å². The Kier molecular flexibility index (Phi) is 5.50. The van der Waals surface area contributed by atoms with E-state index in [4.69, 9.17) is 5.11 Å². The van der Waals surface area contributed by atoms with E-state index in [0.717, 1.165) is 17.1 Å². The summed E-state index contributed by atoms with van der Waals surface area (Å²) in [5, 5.41) is 10.5. The van der Waals surface area contributed by atoms with Gasteiger partial charge in [0.25, 0.3) is 0 Å². The van der Waals surface area contributed by atoms with Crippen molar-refractivity contribution in [3.8, 4) is 0 Å². The highest BCUT2D eigenvalue weighted by atomic mass is 32.2. The van der Waals surface area contributed by atoms with Gasteiger partial charge in [-0.25, -0.2) is 4.79 Å². The second kappa shape index (κ2) is 6.69. The van der Waals surface area contributed by atoms with Crippen LogP contribution in [0.25, 0.3) is 6.08 Å². The van der Waals surface area contributed by atoms with Crippen molar-refractivity contribution in [1.82, 2.24) is 0 Å². The molecular weight excluding hydrogens is 228 g/mol. The van der Waals surface area contributed by atoms with E-state index < -0.39 is 5.97 Å². The predicted octanol–water partition coefficient (Wildman–Crippen LogP) is 3.49. The molecule has 1 aromatic heterocycles. The van der Waals surface area contributed by atoms with Crippen LogP contribution >= 0.6 is 23.1 Å². The van der Waals surface area contributed by atoms with E-state index in [1.54, 1.807) is 17.4 Å². The lowest BCUT2D eigenvalue weighted by atomic mass is 10.2. The zero-order chi connectivity index (χ0) is 11.1. The van der Waals surface area contributed by atoms with Crippen molar-refractivity contribution in [2.24, 2.45) is 0 Å². The van der Waals surface area contributed by atoms with Gasteiger partial charge in [0, 0.05) is 16.7 Å². The molecule has 0 aromatic carbocycles. The van der Waals surface area contributed by atoms with Crippen LogP contribution in [0, 0.1) is 0 Å². The highest BCUT2D eigenvalue weighted by molar-refractivity contribution is 7.98. The maximum absolute atomic E-state index is 10.4. The van der Waals surface area contributed by atoms with Crippen LogP contribution in [0.15, 0.2) is 17.5 Å². The lowest BCUT2D eigenvalue weighted by molar-refractivity contribution is -0.131. The molecule has 0 aliphatic heterocycles. The second-order valence-corrected chi connectivity index (χ2v) is 5.13. The molecule has 0 spiro atoms. The SMILES string of the molecule is CCCSCc1sccc1C=CC(=O)O. The van der Waals surface area contributed by atoms with Crippen LogP contribution in [0.4, 0.5) is 0 Å². The number of carbonyl (C=O) groups is 1. The Morgan fingerprint density at radius 2 is 2.47 bits per heavy atom. The minimum Gasteiger partial charge on any atom is -0.478 e. The molecule has 4 heteroatoms. The molecule has 0 amide bonds. The summed E-state index contributed by atoms with van der Waals surface area (Å²) in [5.74, 6) is 1.23. The van der Waals surface area contributed by atoms with Crippen LogP contribution in [-0.2, 0) is 10.5 Å². The van der Waals surface area contributed by atoms with Crippen LogP contribution in [0.2, 0.25) is 0 Å². The van der Waals surface area contributed by atoms with Gasteiger partial charge in [-0.15, -0.1) is 11.3 Å². The van der Waals surface area contributed by atoms with Crippen LogP contribution in [0.3, 0.4) is 0 Å². The van der Waals surface area contributed by atoms with Gasteiger partial charge in [-0.2, -0.15) is 11.8 Å². The Hall–Kier alpha value is -0.740. The molecular formula is C11H14O2S2. The summed E-state index contributed by atoms with van der Waals surface area (Å²) >= 11 is 3.58. The molecule has 2 nitrogen and oxygen atoms in total. The lowest BCUT2D eigenvalue weighted by Gasteiger charge is -1.98. The van der Waals surface area contributed by atoms with Crippen molar-refractivity contribution in [2.45, 2.75) is 19.1 Å². The first-order chi connectivity index (χ1) is 7.24. The van der Waals surface area contributed by atoms with Crippen molar-refractivity contribution in [3.63, 3.8) is 0 Å². The van der Waals surface area contributed by atoms with E-state index >= 15 is 0 Å². The first kappa shape index (κ1) is 12.3. The Labute approximate surface area is 98.0 Å². The molecule has 0 bridgehead atoms. The maximum atomic E-state index is 10.4. The van der Waals surface area contributed by atoms with E-state index in [1.807, 2.05) is 23.2 Å². The summed E-state index contributed by atoms with van der Waals surface area (Å²) in [6.45, 7) is 2.16. The van der Waals surface area contributed by atoms with Crippen LogP contribution < -0.4 is 0 Å². The Morgan fingerprint density at radius 1 is 1.67 bits per heavy atom. The van der Waals surface area contributed by atoms with Crippen molar-refractivity contribution >= 4 is 35.1 Å². The number of carboxylic acids is 1. The van der Waals surface area contributed by atoms with Crippen LogP contribution in [0.1, 0.15) is 23.8 Å². The van der Waals surface area contributed by atoms with E-state index in [9.17, 15) is 4.79 Å². The molecule has 0 atom stereocenters. The molecule has 15 heavy (non-hydrogen) atoms. The number of aliphatic carboxylic acids is 1. The normalized spacial score (nSPS) is 11.0. The number of hydrogen-bond donors (Lipinski definition) is 1. The Balaban J connectivity index is 2.57. The van der Waals surface area contributed by atoms with Gasteiger partial charge in [0.1, 0.15) is 0 Å². The van der Waals surface area contributed by atoms with Crippen molar-refractivity contribution < 1.29 is 9.90 Å². The van der Waals surface area contributed by atoms with E-state index in [0.29, 0.717) is 0 Å². The number of hydrogen-bond acceptors (Lipinski definition) is 3. The third-order valence-electron chi connectivity index (χ3n) is 1.77. The van der Waals surface area contributed by atoms with Crippen molar-refractivity contribution in [3.05, 3.63) is 28.0 Å². The average Bonchev–Trinajstić information content (AvgIpc) is 2.63. The molecule has 0 radical (unpaired) electrons. The molecule has 0 unspecified atom stereocenters. The molecule has 0 saturated carbocycles. The summed E-state index contributed by atoms with van der Waals surface area (Å²) in [6.07, 6.45) is 4.03. The summed E-state index contributed by atoms with van der Waals surface area (Å²) in [5.41, 5.74) is 1.03. The molecule has 82 valence electrons. The molecule has 1 N–H and O–H groups in total. The van der Waals surface area contributed by atoms with Gasteiger partial charge >= 0.3 is 5.97 Å². The second-order valence-electron chi connectivity index (χ2n) is 3.02. The number of rotatable bonds is 6. The number of thioether (sulfide) groups is 1. The monoisotopic (exact) mass is 242 g/mol. The average molecular weight is 242 g/mol. The summed E-state index contributed by atoms with van der Waals surface area (Å²) in [6, 6.07) is 1.96. The Morgan fingerprint density at radius 3 is 3.13 bits per heavy atom. The minimum atomic E-state index is -0.895. The number of thiophene rings is 1. The van der Waals surface area contributed by atoms with Crippen LogP contribution in [0.5, 0.6) is 0 Å². The van der Waals surface area contributed by atoms with E-state index in [1.165, 1.54) is 17.4 Å². The lowest BCUT2D eigenvalue weighted by Crippen LogP contribution is -1.86. The van der Waals surface area contributed by atoms with Gasteiger partial charge in [0.2, 0.25) is 0 Å². The summed E-state index contributed by atoms with van der Waals surface area (Å²) in [7, 11) is 0. The zero-order valence-corrected chi connectivity index (χ0v) is 10.2. The van der Waals surface area contributed by atoms with Gasteiger partial charge in [0.05, 0.1) is 0 Å². The van der Waals surface area contributed by atoms with Gasteiger partial charge in [0.15, 0.2) is 0 Å². The zero-order valence-electron chi connectivity index (χ0n) is 8.60. The molecule has 0 aliphatic rings. The van der Waals surface area contributed by atoms with Crippen molar-refractivity contribution in [1.29, 1.82) is 0 Å². The predicted molar refractivity (Wildman–Crippen MR) is 67.4 cm³/mol. The Bertz CT molecular complexity index is 342. The van der Waals surface area contributed by atoms with Gasteiger partial charge in [-0.05, 0) is 35.3 Å². The molecule has 1 rings (SSSR count). The summed E-state index contributed by atoms with van der Waals surface area (Å²) in [4.78, 5) is 11.6. The van der Waals surface area contributed by atoms with Gasteiger partial charge < -0.3 is 5.11 Å². The molecule has 0 fully saturated rings. The largest absolute Gasteiger partial charge is 0.478 e. The first-order valence-electron chi connectivity index (χ1n) is 4.79. The van der Waals surface area contributed by atoms with E-state index in [2.05, 4.69) is 6.92 Å². The smallest absolute Gasteiger partial charge is 0.328 e. The topological polar surface area (TPSA) is 37.3 Å². The highest BCUT2D eigenvalue weighted by Gasteiger charge is 2.01.